The summed E-state index contributed by atoms with van der Waals surface area (Å²) in [6.07, 6.45) is 2.54. The number of carbonyl (C=O) groups is 1. The lowest BCUT2D eigenvalue weighted by Gasteiger charge is -2.24. The maximum Gasteiger partial charge on any atom is 0.237 e. The Morgan fingerprint density at radius 2 is 1.89 bits per heavy atom. The van der Waals surface area contributed by atoms with Crippen molar-refractivity contribution in [3.8, 4) is 0 Å². The first-order chi connectivity index (χ1) is 8.97. The van der Waals surface area contributed by atoms with Crippen LogP contribution in [0.25, 0.3) is 0 Å². The zero-order valence-corrected chi connectivity index (χ0v) is 11.9. The molecular weight excluding hydrogens is 238 g/mol. The van der Waals surface area contributed by atoms with Crippen molar-refractivity contribution in [1.82, 2.24) is 0 Å². The molecule has 1 unspecified atom stereocenters. The van der Waals surface area contributed by atoms with E-state index < -0.39 is 11.4 Å². The second-order valence-electron chi connectivity index (χ2n) is 5.15. The summed E-state index contributed by atoms with van der Waals surface area (Å²) in [4.78, 5) is 13.4. The van der Waals surface area contributed by atoms with Gasteiger partial charge in [0.1, 0.15) is 0 Å². The molecule has 0 bridgehead atoms. The SMILES string of the molecule is CCN(CCCCC(C)(N)C(N)=O)c1ccccc1. The van der Waals surface area contributed by atoms with E-state index in [1.54, 1.807) is 6.92 Å². The van der Waals surface area contributed by atoms with Crippen molar-refractivity contribution in [2.75, 3.05) is 18.0 Å². The maximum atomic E-state index is 11.1. The first-order valence-electron chi connectivity index (χ1n) is 6.86. The van der Waals surface area contributed by atoms with Crippen molar-refractivity contribution in [2.24, 2.45) is 11.5 Å². The number of amides is 1. The Bertz CT molecular complexity index is 390. The second-order valence-corrected chi connectivity index (χ2v) is 5.15. The van der Waals surface area contributed by atoms with Gasteiger partial charge in [-0.05, 0) is 45.2 Å². The van der Waals surface area contributed by atoms with Gasteiger partial charge in [-0.25, -0.2) is 0 Å². The highest BCUT2D eigenvalue weighted by Crippen LogP contribution is 2.15. The molecule has 0 heterocycles. The molecule has 19 heavy (non-hydrogen) atoms. The van der Waals surface area contributed by atoms with Gasteiger partial charge in [0.25, 0.3) is 0 Å². The number of nitrogens with zero attached hydrogens (tertiary/aromatic N) is 1. The van der Waals surface area contributed by atoms with Crippen LogP contribution >= 0.6 is 0 Å². The van der Waals surface area contributed by atoms with E-state index in [0.29, 0.717) is 6.42 Å². The monoisotopic (exact) mass is 263 g/mol. The number of primary amides is 1. The van der Waals surface area contributed by atoms with Crippen molar-refractivity contribution >= 4 is 11.6 Å². The predicted octanol–water partition coefficient (Wildman–Crippen LogP) is 1.89. The molecule has 0 aliphatic carbocycles. The van der Waals surface area contributed by atoms with Gasteiger partial charge >= 0.3 is 0 Å². The highest BCUT2D eigenvalue weighted by Gasteiger charge is 2.24. The molecule has 4 N–H and O–H groups in total. The number of unbranched alkanes of at least 4 members (excludes halogenated alkanes) is 1. The molecule has 1 atom stereocenters. The first kappa shape index (κ1) is 15.5. The second kappa shape index (κ2) is 7.14. The number of benzene rings is 1. The normalized spacial score (nSPS) is 13.8. The Hall–Kier alpha value is -1.55. The van der Waals surface area contributed by atoms with Crippen molar-refractivity contribution in [3.05, 3.63) is 30.3 Å². The number of hydrogen-bond donors (Lipinski definition) is 2. The Labute approximate surface area is 115 Å². The average Bonchev–Trinajstić information content (AvgIpc) is 2.39. The minimum Gasteiger partial charge on any atom is -0.372 e. The Kier molecular flexibility index (Phi) is 5.83. The summed E-state index contributed by atoms with van der Waals surface area (Å²) in [7, 11) is 0. The Balaban J connectivity index is 2.38. The minimum absolute atomic E-state index is 0.428. The molecular formula is C15H25N3O. The van der Waals surface area contributed by atoms with Crippen LogP contribution in [0.2, 0.25) is 0 Å². The van der Waals surface area contributed by atoms with E-state index >= 15 is 0 Å². The van der Waals surface area contributed by atoms with Gasteiger partial charge in [-0.2, -0.15) is 0 Å². The first-order valence-corrected chi connectivity index (χ1v) is 6.86. The fourth-order valence-corrected chi connectivity index (χ4v) is 2.03. The molecule has 4 nitrogen and oxygen atoms in total. The fourth-order valence-electron chi connectivity index (χ4n) is 2.03. The Morgan fingerprint density at radius 1 is 1.26 bits per heavy atom. The predicted molar refractivity (Wildman–Crippen MR) is 80.0 cm³/mol. The molecule has 106 valence electrons. The number of hydrogen-bond acceptors (Lipinski definition) is 3. The van der Waals surface area contributed by atoms with E-state index in [0.717, 1.165) is 25.9 Å². The molecule has 4 heteroatoms. The summed E-state index contributed by atoms with van der Waals surface area (Å²) in [5, 5.41) is 0. The summed E-state index contributed by atoms with van der Waals surface area (Å²) in [5.74, 6) is -0.428. The zero-order chi connectivity index (χ0) is 14.3. The Morgan fingerprint density at radius 3 is 2.42 bits per heavy atom. The van der Waals surface area contributed by atoms with E-state index in [1.807, 2.05) is 18.2 Å². The van der Waals surface area contributed by atoms with Crippen LogP contribution in [-0.4, -0.2) is 24.5 Å². The zero-order valence-electron chi connectivity index (χ0n) is 11.9. The van der Waals surface area contributed by atoms with Gasteiger partial charge in [-0.1, -0.05) is 18.2 Å². The lowest BCUT2D eigenvalue weighted by atomic mass is 9.95. The van der Waals surface area contributed by atoms with E-state index in [4.69, 9.17) is 11.5 Å². The van der Waals surface area contributed by atoms with Crippen LogP contribution in [0.15, 0.2) is 30.3 Å². The van der Waals surface area contributed by atoms with E-state index in [-0.39, 0.29) is 0 Å². The molecule has 0 fully saturated rings. The minimum atomic E-state index is -0.885. The third-order valence-corrected chi connectivity index (χ3v) is 3.44. The molecule has 0 spiro atoms. The number of carbonyl (C=O) groups excluding carboxylic acids is 1. The number of anilines is 1. The van der Waals surface area contributed by atoms with Crippen molar-refractivity contribution in [3.63, 3.8) is 0 Å². The average molecular weight is 263 g/mol. The number of rotatable bonds is 8. The molecule has 1 aromatic carbocycles. The molecule has 0 aliphatic rings. The molecule has 0 aromatic heterocycles. The maximum absolute atomic E-state index is 11.1. The highest BCUT2D eigenvalue weighted by molar-refractivity contribution is 5.83. The summed E-state index contributed by atoms with van der Waals surface area (Å²) in [6, 6.07) is 10.3. The van der Waals surface area contributed by atoms with Crippen LogP contribution in [0.5, 0.6) is 0 Å². The van der Waals surface area contributed by atoms with Gasteiger partial charge in [0, 0.05) is 18.8 Å². The van der Waals surface area contributed by atoms with Gasteiger partial charge in [-0.15, -0.1) is 0 Å². The summed E-state index contributed by atoms with van der Waals surface area (Å²) in [5.41, 5.74) is 11.4. The molecule has 1 aromatic rings. The third kappa shape index (κ3) is 4.91. The quantitative estimate of drug-likeness (QED) is 0.703. The standard InChI is InChI=1S/C15H25N3O/c1-3-18(13-9-5-4-6-10-13)12-8-7-11-15(2,17)14(16)19/h4-6,9-10H,3,7-8,11-12,17H2,1-2H3,(H2,16,19). The number of para-hydroxylation sites is 1. The van der Waals surface area contributed by atoms with Gasteiger partial charge in [0.15, 0.2) is 0 Å². The van der Waals surface area contributed by atoms with Crippen LogP contribution in [0, 0.1) is 0 Å². The van der Waals surface area contributed by atoms with Crippen LogP contribution in [0.1, 0.15) is 33.1 Å². The summed E-state index contributed by atoms with van der Waals surface area (Å²) in [6.45, 7) is 5.78. The van der Waals surface area contributed by atoms with Gasteiger partial charge in [-0.3, -0.25) is 4.79 Å². The number of nitrogens with two attached hydrogens (primary N) is 2. The van der Waals surface area contributed by atoms with Crippen LogP contribution in [-0.2, 0) is 4.79 Å². The van der Waals surface area contributed by atoms with Gasteiger partial charge in [0.05, 0.1) is 5.54 Å². The van der Waals surface area contributed by atoms with Gasteiger partial charge < -0.3 is 16.4 Å². The van der Waals surface area contributed by atoms with Crippen LogP contribution in [0.3, 0.4) is 0 Å². The van der Waals surface area contributed by atoms with Crippen LogP contribution in [0.4, 0.5) is 5.69 Å². The molecule has 0 radical (unpaired) electrons. The smallest absolute Gasteiger partial charge is 0.237 e. The molecule has 0 saturated carbocycles. The fraction of sp³-hybridized carbons (Fsp3) is 0.533. The summed E-state index contributed by atoms with van der Waals surface area (Å²) >= 11 is 0. The van der Waals surface area contributed by atoms with Gasteiger partial charge in [0.2, 0.25) is 5.91 Å². The van der Waals surface area contributed by atoms with E-state index in [9.17, 15) is 4.79 Å². The molecule has 1 rings (SSSR count). The largest absolute Gasteiger partial charge is 0.372 e. The van der Waals surface area contributed by atoms with E-state index in [2.05, 4.69) is 24.0 Å². The van der Waals surface area contributed by atoms with Crippen molar-refractivity contribution in [2.45, 2.75) is 38.6 Å². The van der Waals surface area contributed by atoms with Crippen LogP contribution < -0.4 is 16.4 Å². The molecule has 0 saturated heterocycles. The van der Waals surface area contributed by atoms with E-state index in [1.165, 1.54) is 5.69 Å². The molecule has 0 aliphatic heterocycles. The van der Waals surface area contributed by atoms with Crippen molar-refractivity contribution in [1.29, 1.82) is 0 Å². The lowest BCUT2D eigenvalue weighted by Crippen LogP contribution is -2.49. The van der Waals surface area contributed by atoms with Crippen molar-refractivity contribution < 1.29 is 4.79 Å². The topological polar surface area (TPSA) is 72.3 Å². The third-order valence-electron chi connectivity index (χ3n) is 3.44. The summed E-state index contributed by atoms with van der Waals surface area (Å²) < 4.78 is 0. The lowest BCUT2D eigenvalue weighted by molar-refractivity contribution is -0.122. The molecule has 1 amide bonds. The highest BCUT2D eigenvalue weighted by atomic mass is 16.1.